The molecule has 4 atom stereocenters. The zero-order chi connectivity index (χ0) is 20.3. The van der Waals surface area contributed by atoms with E-state index < -0.39 is 48.3 Å². The van der Waals surface area contributed by atoms with Crippen LogP contribution in [0.5, 0.6) is 0 Å². The highest BCUT2D eigenvalue weighted by Gasteiger charge is 2.42. The van der Waals surface area contributed by atoms with E-state index in [0.717, 1.165) is 0 Å². The first kappa shape index (κ1) is 23.8. The van der Waals surface area contributed by atoms with Gasteiger partial charge in [0.05, 0.1) is 0 Å². The summed E-state index contributed by atoms with van der Waals surface area (Å²) in [5.74, 6) is -2.43. The van der Waals surface area contributed by atoms with Gasteiger partial charge in [-0.25, -0.2) is 0 Å². The lowest BCUT2D eigenvalue weighted by atomic mass is 9.99. The predicted molar refractivity (Wildman–Crippen MR) is 89.0 cm³/mol. The minimum Gasteiger partial charge on any atom is -0.463 e. The smallest absolute Gasteiger partial charge is 0.303 e. The van der Waals surface area contributed by atoms with Crippen molar-refractivity contribution in [1.29, 1.82) is 0 Å². The second-order valence-electron chi connectivity index (χ2n) is 5.66. The van der Waals surface area contributed by atoms with Crippen LogP contribution in [0.2, 0.25) is 0 Å². The molecule has 0 saturated carbocycles. The van der Waals surface area contributed by atoms with Crippen molar-refractivity contribution in [3.63, 3.8) is 0 Å². The van der Waals surface area contributed by atoms with Gasteiger partial charge in [-0.15, -0.1) is 0 Å². The highest BCUT2D eigenvalue weighted by Crippen LogP contribution is 2.22. The molecule has 0 aromatic heterocycles. The molecule has 0 spiro atoms. The Kier molecular flexibility index (Phi) is 11.2. The lowest BCUT2D eigenvalue weighted by Crippen LogP contribution is -2.52. The summed E-state index contributed by atoms with van der Waals surface area (Å²) in [5.41, 5.74) is 0. The van der Waals surface area contributed by atoms with Gasteiger partial charge in [0.15, 0.2) is 12.2 Å². The molecule has 0 heterocycles. The van der Waals surface area contributed by atoms with Gasteiger partial charge in [-0.3, -0.25) is 19.2 Å². The first-order chi connectivity index (χ1) is 12.1. The molecule has 0 aromatic rings. The van der Waals surface area contributed by atoms with Gasteiger partial charge >= 0.3 is 23.9 Å². The van der Waals surface area contributed by atoms with Gasteiger partial charge < -0.3 is 23.7 Å². The van der Waals surface area contributed by atoms with E-state index >= 15 is 0 Å². The van der Waals surface area contributed by atoms with Crippen molar-refractivity contribution in [1.82, 2.24) is 0 Å². The van der Waals surface area contributed by atoms with Crippen molar-refractivity contribution in [2.45, 2.75) is 71.9 Å². The van der Waals surface area contributed by atoms with Gasteiger partial charge in [0.1, 0.15) is 18.8 Å². The molecule has 9 heteroatoms. The summed E-state index contributed by atoms with van der Waals surface area (Å²) in [6.45, 7) is 6.42. The van der Waals surface area contributed by atoms with Crippen molar-refractivity contribution < 1.29 is 42.9 Å². The molecule has 0 amide bonds. The summed E-state index contributed by atoms with van der Waals surface area (Å²) in [6.07, 6.45) is -3.08. The molecule has 0 rings (SSSR count). The van der Waals surface area contributed by atoms with Crippen LogP contribution in [0, 0.1) is 0 Å². The van der Waals surface area contributed by atoms with Crippen LogP contribution in [-0.2, 0) is 42.9 Å². The Labute approximate surface area is 153 Å². The third kappa shape index (κ3) is 9.36. The van der Waals surface area contributed by atoms with Crippen LogP contribution in [0.4, 0.5) is 0 Å². The van der Waals surface area contributed by atoms with Gasteiger partial charge in [0.25, 0.3) is 0 Å². The Bertz CT molecular complexity index is 489. The summed E-state index contributed by atoms with van der Waals surface area (Å²) >= 11 is 0. The maximum Gasteiger partial charge on any atom is 0.303 e. The Hall–Kier alpha value is -2.16. The molecule has 9 nitrogen and oxygen atoms in total. The van der Waals surface area contributed by atoms with E-state index in [1.807, 2.05) is 6.92 Å². The predicted octanol–water partition coefficient (Wildman–Crippen LogP) is 1.16. The van der Waals surface area contributed by atoms with Crippen LogP contribution in [0.15, 0.2) is 0 Å². The largest absolute Gasteiger partial charge is 0.463 e. The number of carbonyl (C=O) groups is 4. The molecule has 0 saturated heterocycles. The number of esters is 4. The molecule has 0 aliphatic carbocycles. The highest BCUT2D eigenvalue weighted by molar-refractivity contribution is 5.68. The van der Waals surface area contributed by atoms with E-state index in [0.29, 0.717) is 12.8 Å². The molecule has 0 radical (unpaired) electrons. The number of hydrogen-bond donors (Lipinski definition) is 0. The molecule has 26 heavy (non-hydrogen) atoms. The van der Waals surface area contributed by atoms with Crippen molar-refractivity contribution in [2.24, 2.45) is 0 Å². The molecule has 0 aliphatic heterocycles. The average Bonchev–Trinajstić information content (AvgIpc) is 2.50. The fourth-order valence-electron chi connectivity index (χ4n) is 2.38. The van der Waals surface area contributed by atoms with E-state index in [1.54, 1.807) is 0 Å². The summed E-state index contributed by atoms with van der Waals surface area (Å²) in [4.78, 5) is 45.7. The molecular formula is C17H28O9. The zero-order valence-corrected chi connectivity index (χ0v) is 16.1. The summed E-state index contributed by atoms with van der Waals surface area (Å²) in [6, 6.07) is 0. The second kappa shape index (κ2) is 12.2. The SMILES string of the molecule is CCCC(OC(C)=O)C(OC(C)=O)C(OC(C)=O)C(COC(C)=O)OC. The lowest BCUT2D eigenvalue weighted by Gasteiger charge is -2.35. The minimum atomic E-state index is -1.14. The van der Waals surface area contributed by atoms with Crippen molar-refractivity contribution in [3.8, 4) is 0 Å². The van der Waals surface area contributed by atoms with E-state index in [4.69, 9.17) is 23.7 Å². The lowest BCUT2D eigenvalue weighted by molar-refractivity contribution is -0.199. The Morgan fingerprint density at radius 1 is 0.731 bits per heavy atom. The number of hydrogen-bond acceptors (Lipinski definition) is 9. The van der Waals surface area contributed by atoms with Crippen LogP contribution in [0.1, 0.15) is 47.5 Å². The van der Waals surface area contributed by atoms with Crippen molar-refractivity contribution in [3.05, 3.63) is 0 Å². The van der Waals surface area contributed by atoms with Crippen LogP contribution in [0.25, 0.3) is 0 Å². The molecule has 0 bridgehead atoms. The third-order valence-electron chi connectivity index (χ3n) is 3.30. The number of rotatable bonds is 11. The van der Waals surface area contributed by atoms with Crippen LogP contribution in [-0.4, -0.2) is 62.0 Å². The quantitative estimate of drug-likeness (QED) is 0.387. The monoisotopic (exact) mass is 376 g/mol. The summed E-state index contributed by atoms with van der Waals surface area (Å²) in [7, 11) is 1.33. The zero-order valence-electron chi connectivity index (χ0n) is 16.1. The Morgan fingerprint density at radius 2 is 1.19 bits per heavy atom. The van der Waals surface area contributed by atoms with Gasteiger partial charge in [-0.1, -0.05) is 13.3 Å². The van der Waals surface area contributed by atoms with Crippen LogP contribution in [0.3, 0.4) is 0 Å². The highest BCUT2D eigenvalue weighted by atomic mass is 16.6. The van der Waals surface area contributed by atoms with Gasteiger partial charge in [-0.05, 0) is 6.42 Å². The molecule has 0 N–H and O–H groups in total. The summed E-state index contributed by atoms with van der Waals surface area (Å²) in [5, 5.41) is 0. The summed E-state index contributed by atoms with van der Waals surface area (Å²) < 4.78 is 26.1. The number of ether oxygens (including phenoxy) is 5. The normalized spacial score (nSPS) is 15.2. The maximum absolute atomic E-state index is 11.6. The standard InChI is InChI=1S/C17H28O9/c1-7-8-14(24-11(3)19)16(25-12(4)20)17(26-13(5)21)15(22-6)9-23-10(2)18/h14-17H,7-9H2,1-6H3. The molecule has 0 aromatic carbocycles. The minimum absolute atomic E-state index is 0.236. The number of methoxy groups -OCH3 is 1. The van der Waals surface area contributed by atoms with E-state index in [9.17, 15) is 19.2 Å². The van der Waals surface area contributed by atoms with Crippen molar-refractivity contribution >= 4 is 23.9 Å². The second-order valence-corrected chi connectivity index (χ2v) is 5.66. The molecule has 4 unspecified atom stereocenters. The Morgan fingerprint density at radius 3 is 1.54 bits per heavy atom. The van der Waals surface area contributed by atoms with Gasteiger partial charge in [0, 0.05) is 34.8 Å². The number of carbonyl (C=O) groups excluding carboxylic acids is 4. The topological polar surface area (TPSA) is 114 Å². The van der Waals surface area contributed by atoms with Gasteiger partial charge in [-0.2, -0.15) is 0 Å². The van der Waals surface area contributed by atoms with Gasteiger partial charge in [0.2, 0.25) is 0 Å². The first-order valence-electron chi connectivity index (χ1n) is 8.30. The third-order valence-corrected chi connectivity index (χ3v) is 3.30. The van der Waals surface area contributed by atoms with Crippen LogP contribution < -0.4 is 0 Å². The maximum atomic E-state index is 11.6. The molecule has 0 fully saturated rings. The molecule has 150 valence electrons. The molecular weight excluding hydrogens is 348 g/mol. The molecule has 0 aliphatic rings. The fourth-order valence-corrected chi connectivity index (χ4v) is 2.38. The Balaban J connectivity index is 5.79. The van der Waals surface area contributed by atoms with E-state index in [-0.39, 0.29) is 6.61 Å². The van der Waals surface area contributed by atoms with Crippen LogP contribution >= 0.6 is 0 Å². The van der Waals surface area contributed by atoms with E-state index in [2.05, 4.69) is 0 Å². The first-order valence-corrected chi connectivity index (χ1v) is 8.30. The average molecular weight is 376 g/mol. The van der Waals surface area contributed by atoms with E-state index in [1.165, 1.54) is 34.8 Å². The fraction of sp³-hybridized carbons (Fsp3) is 0.765. The van der Waals surface area contributed by atoms with Crippen molar-refractivity contribution in [2.75, 3.05) is 13.7 Å².